The zero-order valence-corrected chi connectivity index (χ0v) is 13.7. The molecule has 25 heavy (non-hydrogen) atoms. The minimum atomic E-state index is -1.11. The molecule has 0 heterocycles. The summed E-state index contributed by atoms with van der Waals surface area (Å²) in [6.45, 7) is 0.116. The molecular formula is C19H21FN2O3. The van der Waals surface area contributed by atoms with Crippen molar-refractivity contribution >= 4 is 11.8 Å². The zero-order chi connectivity index (χ0) is 18.1. The number of carbonyl (C=O) groups is 2. The second-order valence-corrected chi connectivity index (χ2v) is 5.60. The van der Waals surface area contributed by atoms with Gasteiger partial charge in [0.15, 0.2) is 0 Å². The maximum Gasteiger partial charge on any atom is 0.224 e. The summed E-state index contributed by atoms with van der Waals surface area (Å²) < 4.78 is 13.5. The predicted molar refractivity (Wildman–Crippen MR) is 92.1 cm³/mol. The van der Waals surface area contributed by atoms with E-state index in [9.17, 15) is 19.1 Å². The Morgan fingerprint density at radius 1 is 0.960 bits per heavy atom. The van der Waals surface area contributed by atoms with Gasteiger partial charge in [0.2, 0.25) is 11.8 Å². The van der Waals surface area contributed by atoms with E-state index in [2.05, 4.69) is 10.6 Å². The van der Waals surface area contributed by atoms with Gasteiger partial charge in [-0.05, 0) is 11.6 Å². The van der Waals surface area contributed by atoms with Crippen LogP contribution in [0.15, 0.2) is 54.6 Å². The van der Waals surface area contributed by atoms with Crippen LogP contribution in [0.2, 0.25) is 0 Å². The van der Waals surface area contributed by atoms with Gasteiger partial charge < -0.3 is 15.7 Å². The molecule has 2 aromatic carbocycles. The van der Waals surface area contributed by atoms with Crippen LogP contribution >= 0.6 is 0 Å². The van der Waals surface area contributed by atoms with Crippen LogP contribution in [-0.2, 0) is 16.0 Å². The monoisotopic (exact) mass is 344 g/mol. The third kappa shape index (κ3) is 6.35. The molecule has 0 spiro atoms. The lowest BCUT2D eigenvalue weighted by Gasteiger charge is -2.13. The van der Waals surface area contributed by atoms with E-state index in [-0.39, 0.29) is 43.3 Å². The summed E-state index contributed by atoms with van der Waals surface area (Å²) >= 11 is 0. The van der Waals surface area contributed by atoms with Crippen LogP contribution in [0.25, 0.3) is 0 Å². The van der Waals surface area contributed by atoms with Crippen LogP contribution in [0.3, 0.4) is 0 Å². The van der Waals surface area contributed by atoms with Crippen molar-refractivity contribution in [2.45, 2.75) is 18.9 Å². The number of nitrogens with one attached hydrogen (secondary N) is 2. The third-order valence-corrected chi connectivity index (χ3v) is 3.64. The molecular weight excluding hydrogens is 323 g/mol. The number of halogens is 1. The van der Waals surface area contributed by atoms with E-state index >= 15 is 0 Å². The second kappa shape index (κ2) is 9.54. The molecule has 2 aromatic rings. The molecule has 1 unspecified atom stereocenters. The molecule has 0 aliphatic carbocycles. The first-order chi connectivity index (χ1) is 12.1. The number of hydrogen-bond acceptors (Lipinski definition) is 3. The lowest BCUT2D eigenvalue weighted by molar-refractivity contribution is -0.122. The van der Waals surface area contributed by atoms with Gasteiger partial charge in [-0.15, -0.1) is 0 Å². The van der Waals surface area contributed by atoms with Crippen molar-refractivity contribution in [1.82, 2.24) is 10.6 Å². The Morgan fingerprint density at radius 3 is 2.36 bits per heavy atom. The van der Waals surface area contributed by atoms with E-state index in [4.69, 9.17) is 0 Å². The van der Waals surface area contributed by atoms with E-state index < -0.39 is 11.9 Å². The van der Waals surface area contributed by atoms with Crippen molar-refractivity contribution in [1.29, 1.82) is 0 Å². The second-order valence-electron chi connectivity index (χ2n) is 5.60. The molecule has 6 heteroatoms. The maximum absolute atomic E-state index is 13.5. The first-order valence-electron chi connectivity index (χ1n) is 8.06. The molecule has 0 aromatic heterocycles. The summed E-state index contributed by atoms with van der Waals surface area (Å²) in [6, 6.07) is 15.2. The zero-order valence-electron chi connectivity index (χ0n) is 13.7. The van der Waals surface area contributed by atoms with Crippen LogP contribution in [-0.4, -0.2) is 30.0 Å². The van der Waals surface area contributed by atoms with Crippen LogP contribution in [0.5, 0.6) is 0 Å². The molecule has 0 bridgehead atoms. The highest BCUT2D eigenvalue weighted by Gasteiger charge is 2.13. The Balaban J connectivity index is 1.65. The normalized spacial score (nSPS) is 11.6. The smallest absolute Gasteiger partial charge is 0.224 e. The van der Waals surface area contributed by atoms with E-state index in [1.54, 1.807) is 6.07 Å². The number of amides is 2. The molecule has 0 saturated carbocycles. The Hall–Kier alpha value is -2.73. The molecule has 0 aliphatic rings. The Bertz CT molecular complexity index is 707. The first-order valence-corrected chi connectivity index (χ1v) is 8.06. The van der Waals surface area contributed by atoms with E-state index in [0.29, 0.717) is 0 Å². The lowest BCUT2D eigenvalue weighted by Crippen LogP contribution is -2.33. The summed E-state index contributed by atoms with van der Waals surface area (Å²) in [7, 11) is 0. The maximum atomic E-state index is 13.5. The van der Waals surface area contributed by atoms with Gasteiger partial charge in [0.1, 0.15) is 5.82 Å². The van der Waals surface area contributed by atoms with Gasteiger partial charge in [-0.3, -0.25) is 9.59 Å². The fourth-order valence-corrected chi connectivity index (χ4v) is 2.31. The van der Waals surface area contributed by atoms with Crippen molar-refractivity contribution in [2.24, 2.45) is 0 Å². The number of carbonyl (C=O) groups excluding carboxylic acids is 2. The molecule has 3 N–H and O–H groups in total. The Labute approximate surface area is 145 Å². The average Bonchev–Trinajstić information content (AvgIpc) is 2.61. The fourth-order valence-electron chi connectivity index (χ4n) is 2.31. The topological polar surface area (TPSA) is 78.4 Å². The third-order valence-electron chi connectivity index (χ3n) is 3.64. The number of benzene rings is 2. The molecule has 0 saturated heterocycles. The average molecular weight is 344 g/mol. The summed E-state index contributed by atoms with van der Waals surface area (Å²) in [5, 5.41) is 15.1. The van der Waals surface area contributed by atoms with Crippen LogP contribution in [0.1, 0.15) is 23.7 Å². The fraction of sp³-hybridized carbons (Fsp3) is 0.263. The van der Waals surface area contributed by atoms with Gasteiger partial charge in [0.05, 0.1) is 12.5 Å². The lowest BCUT2D eigenvalue weighted by atomic mass is 10.1. The minimum absolute atomic E-state index is 0.0856. The highest BCUT2D eigenvalue weighted by molar-refractivity contribution is 5.80. The quantitative estimate of drug-likeness (QED) is 0.682. The highest BCUT2D eigenvalue weighted by Crippen LogP contribution is 2.15. The molecule has 1 atom stereocenters. The first kappa shape index (κ1) is 18.6. The summed E-state index contributed by atoms with van der Waals surface area (Å²) in [6.07, 6.45) is -0.767. The summed E-state index contributed by atoms with van der Waals surface area (Å²) in [5.41, 5.74) is 1.04. The molecule has 2 rings (SSSR count). The summed E-state index contributed by atoms with van der Waals surface area (Å²) in [4.78, 5) is 23.5. The standard InChI is InChI=1S/C19H21FN2O3/c20-16-9-5-4-8-15(16)17(23)13-22-18(24)10-11-21-19(25)12-14-6-2-1-3-7-14/h1-9,17,23H,10-13H2,(H,21,25)(H,22,24). The van der Waals surface area contributed by atoms with Gasteiger partial charge in [-0.2, -0.15) is 0 Å². The number of hydrogen-bond donors (Lipinski definition) is 3. The van der Waals surface area contributed by atoms with Gasteiger partial charge >= 0.3 is 0 Å². The molecule has 132 valence electrons. The number of aliphatic hydroxyl groups excluding tert-OH is 1. The van der Waals surface area contributed by atoms with Crippen LogP contribution in [0, 0.1) is 5.82 Å². The predicted octanol–water partition coefficient (Wildman–Crippen LogP) is 1.72. The van der Waals surface area contributed by atoms with Gasteiger partial charge in [-0.25, -0.2) is 4.39 Å². The van der Waals surface area contributed by atoms with E-state index in [1.807, 2.05) is 30.3 Å². The molecule has 5 nitrogen and oxygen atoms in total. The summed E-state index contributed by atoms with van der Waals surface area (Å²) in [5.74, 6) is -1.00. The van der Waals surface area contributed by atoms with Crippen molar-refractivity contribution in [3.8, 4) is 0 Å². The Kier molecular flexibility index (Phi) is 7.10. The molecule has 2 amide bonds. The Morgan fingerprint density at radius 2 is 1.64 bits per heavy atom. The minimum Gasteiger partial charge on any atom is -0.386 e. The highest BCUT2D eigenvalue weighted by atomic mass is 19.1. The van der Waals surface area contributed by atoms with Crippen molar-refractivity contribution in [3.05, 3.63) is 71.5 Å². The molecule has 0 radical (unpaired) electrons. The largest absolute Gasteiger partial charge is 0.386 e. The SMILES string of the molecule is O=C(CCNC(=O)Cc1ccccc1)NCC(O)c1ccccc1F. The number of aliphatic hydroxyl groups is 1. The van der Waals surface area contributed by atoms with Crippen LogP contribution in [0.4, 0.5) is 4.39 Å². The molecule has 0 aliphatic heterocycles. The van der Waals surface area contributed by atoms with Crippen molar-refractivity contribution < 1.29 is 19.1 Å². The number of rotatable bonds is 8. The van der Waals surface area contributed by atoms with Crippen molar-refractivity contribution in [2.75, 3.05) is 13.1 Å². The van der Waals surface area contributed by atoms with Gasteiger partial charge in [0, 0.05) is 25.1 Å². The van der Waals surface area contributed by atoms with Gasteiger partial charge in [-0.1, -0.05) is 48.5 Å². The van der Waals surface area contributed by atoms with E-state index in [0.717, 1.165) is 5.56 Å². The molecule has 0 fully saturated rings. The van der Waals surface area contributed by atoms with Gasteiger partial charge in [0.25, 0.3) is 0 Å². The van der Waals surface area contributed by atoms with Crippen molar-refractivity contribution in [3.63, 3.8) is 0 Å². The van der Waals surface area contributed by atoms with E-state index in [1.165, 1.54) is 18.2 Å². The van der Waals surface area contributed by atoms with Crippen LogP contribution < -0.4 is 10.6 Å².